The van der Waals surface area contributed by atoms with Crippen molar-refractivity contribution in [3.8, 4) is 0 Å². The van der Waals surface area contributed by atoms with Crippen molar-refractivity contribution in [2.24, 2.45) is 0 Å². The van der Waals surface area contributed by atoms with Crippen molar-refractivity contribution in [2.75, 3.05) is 6.54 Å². The minimum atomic E-state index is -4.46. The molecule has 0 aromatic heterocycles. The standard InChI is InChI=1S/C14H13F3N2O2.ClH/c15-14(16,17)9-4-1-3-8(7-9)11-13(21)18-12(20)10-5-2-6-19(10)11;/h1,3-4,7,10-11H,2,5-6H2,(H,18,20,21);1H/t10-,11-;/m1./s1. The fourth-order valence-electron chi connectivity index (χ4n) is 3.03. The van der Waals surface area contributed by atoms with Crippen molar-refractivity contribution in [3.05, 3.63) is 35.4 Å². The van der Waals surface area contributed by atoms with Crippen LogP contribution in [0.2, 0.25) is 0 Å². The highest BCUT2D eigenvalue weighted by Crippen LogP contribution is 2.35. The van der Waals surface area contributed by atoms with Crippen molar-refractivity contribution in [2.45, 2.75) is 31.1 Å². The van der Waals surface area contributed by atoms with Crippen LogP contribution in [-0.2, 0) is 15.8 Å². The summed E-state index contributed by atoms with van der Waals surface area (Å²) in [6, 6.07) is 3.46. The zero-order valence-electron chi connectivity index (χ0n) is 11.4. The molecular weight excluding hydrogens is 321 g/mol. The maximum absolute atomic E-state index is 12.8. The van der Waals surface area contributed by atoms with E-state index in [4.69, 9.17) is 0 Å². The quantitative estimate of drug-likeness (QED) is 0.802. The molecule has 2 amide bonds. The first-order valence-electron chi connectivity index (χ1n) is 6.65. The molecule has 0 radical (unpaired) electrons. The third-order valence-corrected chi connectivity index (χ3v) is 3.95. The molecule has 2 heterocycles. The molecule has 0 saturated carbocycles. The Bertz CT molecular complexity index is 606. The predicted octanol–water partition coefficient (Wildman–Crippen LogP) is 2.29. The summed E-state index contributed by atoms with van der Waals surface area (Å²) in [6.45, 7) is 0.532. The van der Waals surface area contributed by atoms with E-state index in [0.29, 0.717) is 13.0 Å². The summed E-state index contributed by atoms with van der Waals surface area (Å²) >= 11 is 0. The van der Waals surface area contributed by atoms with E-state index in [1.54, 1.807) is 4.90 Å². The van der Waals surface area contributed by atoms with Gasteiger partial charge in [0.25, 0.3) is 0 Å². The summed E-state index contributed by atoms with van der Waals surface area (Å²) < 4.78 is 38.4. The van der Waals surface area contributed by atoms with E-state index in [2.05, 4.69) is 5.32 Å². The molecule has 1 aromatic carbocycles. The van der Waals surface area contributed by atoms with Crippen LogP contribution in [0, 0.1) is 0 Å². The molecule has 2 fully saturated rings. The predicted molar refractivity (Wildman–Crippen MR) is 74.3 cm³/mol. The summed E-state index contributed by atoms with van der Waals surface area (Å²) in [5.41, 5.74) is -0.526. The maximum Gasteiger partial charge on any atom is 0.416 e. The van der Waals surface area contributed by atoms with Crippen LogP contribution in [0.4, 0.5) is 13.2 Å². The Balaban J connectivity index is 0.00000176. The topological polar surface area (TPSA) is 49.4 Å². The van der Waals surface area contributed by atoms with Crippen LogP contribution in [-0.4, -0.2) is 29.3 Å². The second kappa shape index (κ2) is 5.89. The average Bonchev–Trinajstić information content (AvgIpc) is 2.87. The zero-order valence-corrected chi connectivity index (χ0v) is 12.2. The lowest BCUT2D eigenvalue weighted by Crippen LogP contribution is -2.56. The lowest BCUT2D eigenvalue weighted by atomic mass is 9.98. The number of imide groups is 1. The van der Waals surface area contributed by atoms with Crippen molar-refractivity contribution in [3.63, 3.8) is 0 Å². The number of carbonyl (C=O) groups excluding carboxylic acids is 2. The van der Waals surface area contributed by atoms with Gasteiger partial charge in [-0.3, -0.25) is 19.8 Å². The summed E-state index contributed by atoms with van der Waals surface area (Å²) in [4.78, 5) is 25.5. The molecule has 0 spiro atoms. The Morgan fingerprint density at radius 1 is 1.18 bits per heavy atom. The lowest BCUT2D eigenvalue weighted by Gasteiger charge is -2.36. The monoisotopic (exact) mass is 334 g/mol. The summed E-state index contributed by atoms with van der Waals surface area (Å²) in [5.74, 6) is -0.918. The summed E-state index contributed by atoms with van der Waals surface area (Å²) in [6.07, 6.45) is -3.09. The number of carbonyl (C=O) groups is 2. The molecule has 1 aromatic rings. The van der Waals surface area contributed by atoms with Crippen molar-refractivity contribution < 1.29 is 22.8 Å². The SMILES string of the molecule is Cl.O=C1NC(=O)[C@@H](c2cccc(C(F)(F)F)c2)N2CCC[C@H]12. The first kappa shape index (κ1) is 16.8. The molecule has 2 saturated heterocycles. The fraction of sp³-hybridized carbons (Fsp3) is 0.429. The second-order valence-electron chi connectivity index (χ2n) is 5.28. The van der Waals surface area contributed by atoms with Gasteiger partial charge in [0.05, 0.1) is 11.6 Å². The molecule has 0 aliphatic carbocycles. The number of rotatable bonds is 1. The molecule has 2 aliphatic rings. The van der Waals surface area contributed by atoms with Crippen LogP contribution in [0.3, 0.4) is 0 Å². The Hall–Kier alpha value is -1.60. The van der Waals surface area contributed by atoms with Gasteiger partial charge in [0.15, 0.2) is 0 Å². The van der Waals surface area contributed by atoms with Gasteiger partial charge in [0.2, 0.25) is 11.8 Å². The van der Waals surface area contributed by atoms with Crippen molar-refractivity contribution >= 4 is 24.2 Å². The van der Waals surface area contributed by atoms with Gasteiger partial charge in [-0.2, -0.15) is 13.2 Å². The van der Waals surface area contributed by atoms with E-state index in [1.165, 1.54) is 12.1 Å². The number of hydrogen-bond donors (Lipinski definition) is 1. The van der Waals surface area contributed by atoms with Crippen LogP contribution in [0.1, 0.15) is 30.0 Å². The Labute approximate surface area is 131 Å². The number of amides is 2. The molecule has 120 valence electrons. The molecule has 2 atom stereocenters. The van der Waals surface area contributed by atoms with Crippen LogP contribution in [0.5, 0.6) is 0 Å². The maximum atomic E-state index is 12.8. The van der Waals surface area contributed by atoms with Crippen LogP contribution >= 0.6 is 12.4 Å². The lowest BCUT2D eigenvalue weighted by molar-refractivity contribution is -0.144. The number of benzene rings is 1. The summed E-state index contributed by atoms with van der Waals surface area (Å²) in [5, 5.41) is 2.26. The number of nitrogens with one attached hydrogen (secondary N) is 1. The van der Waals surface area contributed by atoms with E-state index in [0.717, 1.165) is 18.6 Å². The third kappa shape index (κ3) is 2.83. The van der Waals surface area contributed by atoms with Gasteiger partial charge in [-0.05, 0) is 30.5 Å². The smallest absolute Gasteiger partial charge is 0.293 e. The molecule has 4 nitrogen and oxygen atoms in total. The third-order valence-electron chi connectivity index (χ3n) is 3.95. The van der Waals surface area contributed by atoms with Crippen LogP contribution in [0.15, 0.2) is 24.3 Å². The highest BCUT2D eigenvalue weighted by atomic mass is 35.5. The minimum Gasteiger partial charge on any atom is -0.293 e. The van der Waals surface area contributed by atoms with Gasteiger partial charge in [-0.15, -0.1) is 12.4 Å². The van der Waals surface area contributed by atoms with E-state index in [9.17, 15) is 22.8 Å². The largest absolute Gasteiger partial charge is 0.416 e. The summed E-state index contributed by atoms with van der Waals surface area (Å²) in [7, 11) is 0. The fourth-order valence-corrected chi connectivity index (χ4v) is 3.03. The highest BCUT2D eigenvalue weighted by molar-refractivity contribution is 6.03. The average molecular weight is 335 g/mol. The van der Waals surface area contributed by atoms with E-state index in [1.807, 2.05) is 0 Å². The number of piperazine rings is 1. The molecule has 1 N–H and O–H groups in total. The Morgan fingerprint density at radius 3 is 2.59 bits per heavy atom. The van der Waals surface area contributed by atoms with Crippen molar-refractivity contribution in [1.29, 1.82) is 0 Å². The number of fused-ring (bicyclic) bond motifs is 1. The zero-order chi connectivity index (χ0) is 15.2. The van der Waals surface area contributed by atoms with Crippen LogP contribution in [0.25, 0.3) is 0 Å². The van der Waals surface area contributed by atoms with Gasteiger partial charge < -0.3 is 0 Å². The van der Waals surface area contributed by atoms with Gasteiger partial charge in [-0.25, -0.2) is 0 Å². The number of hydrogen-bond acceptors (Lipinski definition) is 3. The first-order valence-corrected chi connectivity index (χ1v) is 6.65. The van der Waals surface area contributed by atoms with E-state index in [-0.39, 0.29) is 23.9 Å². The number of nitrogens with zero attached hydrogens (tertiary/aromatic N) is 1. The normalized spacial score (nSPS) is 25.4. The molecule has 0 unspecified atom stereocenters. The second-order valence-corrected chi connectivity index (χ2v) is 5.28. The van der Waals surface area contributed by atoms with Crippen molar-refractivity contribution in [1.82, 2.24) is 10.2 Å². The molecule has 22 heavy (non-hydrogen) atoms. The van der Waals surface area contributed by atoms with E-state index < -0.39 is 29.7 Å². The molecule has 2 aliphatic heterocycles. The van der Waals surface area contributed by atoms with E-state index >= 15 is 0 Å². The molecular formula is C14H14ClF3N2O2. The molecule has 3 rings (SSSR count). The van der Waals surface area contributed by atoms with Gasteiger partial charge in [-0.1, -0.05) is 12.1 Å². The minimum absolute atomic E-state index is 0. The molecule has 8 heteroatoms. The Morgan fingerprint density at radius 2 is 1.91 bits per heavy atom. The number of halogens is 4. The number of alkyl halides is 3. The highest BCUT2D eigenvalue weighted by Gasteiger charge is 2.45. The first-order chi connectivity index (χ1) is 9.88. The van der Waals surface area contributed by atoms with Gasteiger partial charge in [0, 0.05) is 6.54 Å². The van der Waals surface area contributed by atoms with Gasteiger partial charge in [0.1, 0.15) is 6.04 Å². The van der Waals surface area contributed by atoms with Gasteiger partial charge >= 0.3 is 6.18 Å². The van der Waals surface area contributed by atoms with Crippen LogP contribution < -0.4 is 5.32 Å². The molecule has 0 bridgehead atoms. The Kier molecular flexibility index (Phi) is 4.49.